The number of hydrogen-bond donors (Lipinski definition) is 3. The molecule has 0 aromatic carbocycles. The average molecular weight is 297 g/mol. The van der Waals surface area contributed by atoms with E-state index in [1.54, 1.807) is 19.0 Å². The van der Waals surface area contributed by atoms with E-state index in [2.05, 4.69) is 25.7 Å². The zero-order valence-electron chi connectivity index (χ0n) is 13.0. The van der Waals surface area contributed by atoms with Gasteiger partial charge in [0.25, 0.3) is 0 Å². The lowest BCUT2D eigenvalue weighted by molar-refractivity contribution is -0.141. The fraction of sp³-hybridized carbons (Fsp3) is 0.667. The second-order valence-corrected chi connectivity index (χ2v) is 5.17. The molecule has 1 heterocycles. The normalized spacial score (nSPS) is 12.0. The monoisotopic (exact) mass is 297 g/mol. The largest absolute Gasteiger partial charge is 0.467 e. The molecule has 0 saturated heterocycles. The number of anilines is 3. The van der Waals surface area contributed by atoms with Gasteiger partial charge in [0.15, 0.2) is 0 Å². The summed E-state index contributed by atoms with van der Waals surface area (Å²) in [5.74, 6) is 6.19. The van der Waals surface area contributed by atoms with Crippen LogP contribution in [0.3, 0.4) is 0 Å². The maximum Gasteiger partial charge on any atom is 0.328 e. The summed E-state index contributed by atoms with van der Waals surface area (Å²) >= 11 is 0. The van der Waals surface area contributed by atoms with Gasteiger partial charge in [-0.15, -0.1) is 0 Å². The second-order valence-electron chi connectivity index (χ2n) is 5.17. The van der Waals surface area contributed by atoms with Crippen LogP contribution in [0.5, 0.6) is 0 Å². The van der Waals surface area contributed by atoms with E-state index in [4.69, 9.17) is 10.6 Å². The standard InChI is InChI=1S/C12H23N7O2/c1-7(2)6-8(9(20)21-5)14-10-15-11(18-13)17-12(16-10)19(3)4/h7-8H,6,13H2,1-5H3,(H2,14,15,16,17,18). The first-order valence-electron chi connectivity index (χ1n) is 6.61. The van der Waals surface area contributed by atoms with E-state index in [0.29, 0.717) is 18.3 Å². The molecule has 9 nitrogen and oxygen atoms in total. The van der Waals surface area contributed by atoms with Gasteiger partial charge in [0.1, 0.15) is 6.04 Å². The molecular formula is C12H23N7O2. The minimum Gasteiger partial charge on any atom is -0.467 e. The van der Waals surface area contributed by atoms with Crippen molar-refractivity contribution < 1.29 is 9.53 Å². The van der Waals surface area contributed by atoms with Crippen LogP contribution in [0.2, 0.25) is 0 Å². The molecule has 1 rings (SSSR count). The van der Waals surface area contributed by atoms with E-state index >= 15 is 0 Å². The predicted octanol–water partition coefficient (Wildman–Crippen LogP) is 0.223. The Morgan fingerprint density at radius 3 is 2.38 bits per heavy atom. The van der Waals surface area contributed by atoms with E-state index in [-0.39, 0.29) is 17.9 Å². The minimum atomic E-state index is -0.530. The van der Waals surface area contributed by atoms with Crippen molar-refractivity contribution in [2.24, 2.45) is 11.8 Å². The van der Waals surface area contributed by atoms with Crippen molar-refractivity contribution in [3.8, 4) is 0 Å². The van der Waals surface area contributed by atoms with Crippen molar-refractivity contribution in [2.75, 3.05) is 36.8 Å². The Morgan fingerprint density at radius 1 is 1.29 bits per heavy atom. The van der Waals surface area contributed by atoms with Crippen molar-refractivity contribution in [3.05, 3.63) is 0 Å². The molecule has 0 spiro atoms. The number of carbonyl (C=O) groups is 1. The van der Waals surface area contributed by atoms with Crippen molar-refractivity contribution in [3.63, 3.8) is 0 Å². The molecule has 0 saturated carbocycles. The van der Waals surface area contributed by atoms with Gasteiger partial charge in [0.05, 0.1) is 7.11 Å². The van der Waals surface area contributed by atoms with Crippen molar-refractivity contribution in [1.82, 2.24) is 15.0 Å². The average Bonchev–Trinajstić information content (AvgIpc) is 2.44. The molecule has 0 bridgehead atoms. The Labute approximate surface area is 124 Å². The van der Waals surface area contributed by atoms with Crippen molar-refractivity contribution >= 4 is 23.8 Å². The van der Waals surface area contributed by atoms with Gasteiger partial charge in [-0.05, 0) is 12.3 Å². The first-order chi connectivity index (χ1) is 9.87. The molecular weight excluding hydrogens is 274 g/mol. The molecule has 0 fully saturated rings. The third-order valence-corrected chi connectivity index (χ3v) is 2.65. The lowest BCUT2D eigenvalue weighted by Crippen LogP contribution is -2.33. The van der Waals surface area contributed by atoms with Gasteiger partial charge in [-0.25, -0.2) is 10.6 Å². The molecule has 118 valence electrons. The summed E-state index contributed by atoms with van der Waals surface area (Å²) in [6, 6.07) is -0.530. The fourth-order valence-electron chi connectivity index (χ4n) is 1.68. The summed E-state index contributed by atoms with van der Waals surface area (Å²) in [7, 11) is 4.94. The number of aromatic nitrogens is 3. The number of nitrogens with one attached hydrogen (secondary N) is 2. The van der Waals surface area contributed by atoms with Crippen LogP contribution in [0, 0.1) is 5.92 Å². The van der Waals surface area contributed by atoms with Crippen molar-refractivity contribution in [1.29, 1.82) is 0 Å². The van der Waals surface area contributed by atoms with E-state index in [9.17, 15) is 4.79 Å². The molecule has 1 unspecified atom stereocenters. The smallest absolute Gasteiger partial charge is 0.328 e. The van der Waals surface area contributed by atoms with Gasteiger partial charge < -0.3 is 15.0 Å². The maximum absolute atomic E-state index is 11.8. The second kappa shape index (κ2) is 7.58. The van der Waals surface area contributed by atoms with Gasteiger partial charge in [0.2, 0.25) is 17.8 Å². The molecule has 9 heteroatoms. The zero-order chi connectivity index (χ0) is 16.0. The van der Waals surface area contributed by atoms with E-state index in [1.165, 1.54) is 7.11 Å². The first kappa shape index (κ1) is 16.9. The van der Waals surface area contributed by atoms with Gasteiger partial charge >= 0.3 is 5.97 Å². The van der Waals surface area contributed by atoms with Crippen LogP contribution in [0.15, 0.2) is 0 Å². The van der Waals surface area contributed by atoms with Crippen LogP contribution in [-0.4, -0.2) is 48.2 Å². The number of esters is 1. The molecule has 0 radical (unpaired) electrons. The van der Waals surface area contributed by atoms with E-state index in [0.717, 1.165) is 0 Å². The van der Waals surface area contributed by atoms with Gasteiger partial charge in [0, 0.05) is 14.1 Å². The summed E-state index contributed by atoms with van der Waals surface area (Å²) in [5, 5.41) is 2.97. The first-order valence-corrected chi connectivity index (χ1v) is 6.61. The molecule has 0 aliphatic carbocycles. The zero-order valence-corrected chi connectivity index (χ0v) is 13.0. The quantitative estimate of drug-likeness (QED) is 0.369. The molecule has 0 aliphatic rings. The Morgan fingerprint density at radius 2 is 1.90 bits per heavy atom. The minimum absolute atomic E-state index is 0.212. The SMILES string of the molecule is COC(=O)C(CC(C)C)Nc1nc(NN)nc(N(C)C)n1. The molecule has 0 amide bonds. The van der Waals surface area contributed by atoms with Crippen LogP contribution in [-0.2, 0) is 9.53 Å². The molecule has 0 aliphatic heterocycles. The van der Waals surface area contributed by atoms with Crippen molar-refractivity contribution in [2.45, 2.75) is 26.3 Å². The topological polar surface area (TPSA) is 118 Å². The number of methoxy groups -OCH3 is 1. The van der Waals surface area contributed by atoms with E-state index in [1.807, 2.05) is 13.8 Å². The van der Waals surface area contributed by atoms with Gasteiger partial charge in [-0.2, -0.15) is 15.0 Å². The number of rotatable bonds is 7. The highest BCUT2D eigenvalue weighted by Crippen LogP contribution is 2.15. The Bertz CT molecular complexity index is 479. The highest BCUT2D eigenvalue weighted by molar-refractivity contribution is 5.78. The number of carbonyl (C=O) groups excluding carboxylic acids is 1. The number of nitrogens with two attached hydrogens (primary N) is 1. The number of nitrogens with zero attached hydrogens (tertiary/aromatic N) is 4. The molecule has 1 aromatic rings. The van der Waals surface area contributed by atoms with Crippen LogP contribution in [0.1, 0.15) is 20.3 Å². The number of ether oxygens (including phenoxy) is 1. The highest BCUT2D eigenvalue weighted by atomic mass is 16.5. The van der Waals surface area contributed by atoms with Gasteiger partial charge in [-0.1, -0.05) is 13.8 Å². The van der Waals surface area contributed by atoms with E-state index < -0.39 is 6.04 Å². The van der Waals surface area contributed by atoms with Crippen LogP contribution in [0.25, 0.3) is 0 Å². The Kier molecular flexibility index (Phi) is 6.10. The summed E-state index contributed by atoms with van der Waals surface area (Å²) in [6.45, 7) is 4.03. The summed E-state index contributed by atoms with van der Waals surface area (Å²) in [6.07, 6.45) is 0.598. The highest BCUT2D eigenvalue weighted by Gasteiger charge is 2.22. The Hall–Kier alpha value is -2.16. The number of hydrazine groups is 1. The third-order valence-electron chi connectivity index (χ3n) is 2.65. The lowest BCUT2D eigenvalue weighted by atomic mass is 10.0. The van der Waals surface area contributed by atoms with Crippen LogP contribution in [0.4, 0.5) is 17.8 Å². The summed E-state index contributed by atoms with van der Waals surface area (Å²) < 4.78 is 4.80. The van der Waals surface area contributed by atoms with Gasteiger partial charge in [-0.3, -0.25) is 5.43 Å². The Balaban J connectivity index is 3.01. The molecule has 4 N–H and O–H groups in total. The molecule has 21 heavy (non-hydrogen) atoms. The molecule has 1 atom stereocenters. The summed E-state index contributed by atoms with van der Waals surface area (Å²) in [5.41, 5.74) is 2.37. The maximum atomic E-state index is 11.8. The number of hydrogen-bond acceptors (Lipinski definition) is 9. The summed E-state index contributed by atoms with van der Waals surface area (Å²) in [4.78, 5) is 26.0. The van der Waals surface area contributed by atoms with Crippen LogP contribution >= 0.6 is 0 Å². The predicted molar refractivity (Wildman–Crippen MR) is 80.8 cm³/mol. The third kappa shape index (κ3) is 5.03. The van der Waals surface area contributed by atoms with Crippen LogP contribution < -0.4 is 21.5 Å². The number of nitrogen functional groups attached to an aromatic ring is 1. The lowest BCUT2D eigenvalue weighted by Gasteiger charge is -2.19. The molecule has 1 aromatic heterocycles. The fourth-order valence-corrected chi connectivity index (χ4v) is 1.68.